The third-order valence-corrected chi connectivity index (χ3v) is 3.01. The van der Waals surface area contributed by atoms with Crippen LogP contribution in [0.15, 0.2) is 53.0 Å². The number of halogens is 1. The smallest absolute Gasteiger partial charge is 0.136 e. The van der Waals surface area contributed by atoms with E-state index in [4.69, 9.17) is 4.74 Å². The Balaban J connectivity index is 2.11. The molecule has 0 heterocycles. The van der Waals surface area contributed by atoms with Gasteiger partial charge in [-0.3, -0.25) is 0 Å². The summed E-state index contributed by atoms with van der Waals surface area (Å²) in [4.78, 5) is 0. The minimum Gasteiger partial charge on any atom is -0.487 e. The number of ether oxygens (including phenoxy) is 1. The third-order valence-electron chi connectivity index (χ3n) is 2.39. The van der Waals surface area contributed by atoms with Crippen LogP contribution in [-0.4, -0.2) is 0 Å². The van der Waals surface area contributed by atoms with Gasteiger partial charge in [0.1, 0.15) is 12.4 Å². The summed E-state index contributed by atoms with van der Waals surface area (Å²) in [6.45, 7) is 2.65. The lowest BCUT2D eigenvalue weighted by atomic mass is 10.2. The second-order valence-electron chi connectivity index (χ2n) is 3.66. The van der Waals surface area contributed by atoms with E-state index in [9.17, 15) is 0 Å². The molecular weight excluding hydrogens is 264 g/mol. The van der Waals surface area contributed by atoms with Crippen molar-refractivity contribution in [2.75, 3.05) is 0 Å². The standard InChI is InChI=1S/C14H13BrO/c1-11-6-5-9-13(15)14(11)16-10-12-7-3-2-4-8-12/h2-9H,10H2,1H3. The van der Waals surface area contributed by atoms with Gasteiger partial charge in [0.2, 0.25) is 0 Å². The lowest BCUT2D eigenvalue weighted by molar-refractivity contribution is 0.302. The van der Waals surface area contributed by atoms with Crippen LogP contribution in [0.4, 0.5) is 0 Å². The van der Waals surface area contributed by atoms with E-state index >= 15 is 0 Å². The molecule has 16 heavy (non-hydrogen) atoms. The van der Waals surface area contributed by atoms with Crippen LogP contribution in [0.2, 0.25) is 0 Å². The van der Waals surface area contributed by atoms with E-state index in [0.717, 1.165) is 15.8 Å². The molecule has 0 aliphatic carbocycles. The largest absolute Gasteiger partial charge is 0.487 e. The normalized spacial score (nSPS) is 10.1. The van der Waals surface area contributed by atoms with Gasteiger partial charge >= 0.3 is 0 Å². The molecule has 2 aromatic carbocycles. The molecule has 0 spiro atoms. The Morgan fingerprint density at radius 3 is 2.44 bits per heavy atom. The summed E-state index contributed by atoms with van der Waals surface area (Å²) < 4.78 is 6.81. The van der Waals surface area contributed by atoms with Gasteiger partial charge in [-0.2, -0.15) is 0 Å². The third kappa shape index (κ3) is 2.64. The first kappa shape index (κ1) is 11.2. The monoisotopic (exact) mass is 276 g/mol. The minimum absolute atomic E-state index is 0.601. The molecule has 0 bridgehead atoms. The highest BCUT2D eigenvalue weighted by molar-refractivity contribution is 9.10. The van der Waals surface area contributed by atoms with Crippen molar-refractivity contribution in [3.05, 3.63) is 64.1 Å². The minimum atomic E-state index is 0.601. The second kappa shape index (κ2) is 5.17. The van der Waals surface area contributed by atoms with Crippen molar-refractivity contribution in [2.24, 2.45) is 0 Å². The predicted molar refractivity (Wildman–Crippen MR) is 69.7 cm³/mol. The maximum atomic E-state index is 5.81. The SMILES string of the molecule is Cc1cccc(Br)c1OCc1ccccc1. The van der Waals surface area contributed by atoms with Crippen LogP contribution >= 0.6 is 15.9 Å². The Labute approximate surface area is 104 Å². The van der Waals surface area contributed by atoms with E-state index in [2.05, 4.69) is 28.1 Å². The van der Waals surface area contributed by atoms with Crippen molar-refractivity contribution in [2.45, 2.75) is 13.5 Å². The zero-order valence-corrected chi connectivity index (χ0v) is 10.7. The maximum absolute atomic E-state index is 5.81. The van der Waals surface area contributed by atoms with Crippen molar-refractivity contribution < 1.29 is 4.74 Å². The summed E-state index contributed by atoms with van der Waals surface area (Å²) in [5, 5.41) is 0. The molecule has 0 fully saturated rings. The summed E-state index contributed by atoms with van der Waals surface area (Å²) in [5.74, 6) is 0.923. The molecule has 0 unspecified atom stereocenters. The van der Waals surface area contributed by atoms with Crippen LogP contribution in [-0.2, 0) is 6.61 Å². The highest BCUT2D eigenvalue weighted by atomic mass is 79.9. The van der Waals surface area contributed by atoms with Crippen LogP contribution in [0.3, 0.4) is 0 Å². The van der Waals surface area contributed by atoms with E-state index in [0.29, 0.717) is 6.61 Å². The van der Waals surface area contributed by atoms with E-state index < -0.39 is 0 Å². The topological polar surface area (TPSA) is 9.23 Å². The van der Waals surface area contributed by atoms with Gasteiger partial charge in [0.25, 0.3) is 0 Å². The Morgan fingerprint density at radius 2 is 1.75 bits per heavy atom. The summed E-state index contributed by atoms with van der Waals surface area (Å²) in [6.07, 6.45) is 0. The lowest BCUT2D eigenvalue weighted by Crippen LogP contribution is -1.97. The molecule has 82 valence electrons. The van der Waals surface area contributed by atoms with E-state index in [1.165, 1.54) is 5.56 Å². The zero-order chi connectivity index (χ0) is 11.4. The number of hydrogen-bond acceptors (Lipinski definition) is 1. The van der Waals surface area contributed by atoms with Gasteiger partial charge in [-0.05, 0) is 40.0 Å². The van der Waals surface area contributed by atoms with Gasteiger partial charge in [0, 0.05) is 0 Å². The first-order valence-corrected chi connectivity index (χ1v) is 5.98. The molecule has 0 atom stereocenters. The van der Waals surface area contributed by atoms with Gasteiger partial charge in [0.05, 0.1) is 4.47 Å². The number of para-hydroxylation sites is 1. The van der Waals surface area contributed by atoms with E-state index in [1.807, 2.05) is 43.3 Å². The molecule has 0 saturated carbocycles. The fraction of sp³-hybridized carbons (Fsp3) is 0.143. The van der Waals surface area contributed by atoms with E-state index in [-0.39, 0.29) is 0 Å². The predicted octanol–water partition coefficient (Wildman–Crippen LogP) is 4.34. The van der Waals surface area contributed by atoms with Crippen LogP contribution in [0, 0.1) is 6.92 Å². The van der Waals surface area contributed by atoms with Crippen LogP contribution in [0.5, 0.6) is 5.75 Å². The Hall–Kier alpha value is -1.28. The molecule has 2 rings (SSSR count). The molecule has 0 aromatic heterocycles. The van der Waals surface area contributed by atoms with Crippen LogP contribution in [0.1, 0.15) is 11.1 Å². The number of hydrogen-bond donors (Lipinski definition) is 0. The highest BCUT2D eigenvalue weighted by Crippen LogP contribution is 2.28. The summed E-state index contributed by atoms with van der Waals surface area (Å²) in [7, 11) is 0. The molecule has 0 radical (unpaired) electrons. The molecule has 2 heteroatoms. The van der Waals surface area contributed by atoms with Crippen molar-refractivity contribution in [1.82, 2.24) is 0 Å². The van der Waals surface area contributed by atoms with Gasteiger partial charge in [-0.15, -0.1) is 0 Å². The fourth-order valence-corrected chi connectivity index (χ4v) is 2.11. The van der Waals surface area contributed by atoms with Crippen LogP contribution < -0.4 is 4.74 Å². The van der Waals surface area contributed by atoms with Crippen LogP contribution in [0.25, 0.3) is 0 Å². The number of benzene rings is 2. The van der Waals surface area contributed by atoms with Gasteiger partial charge < -0.3 is 4.74 Å². The molecule has 1 nitrogen and oxygen atoms in total. The Morgan fingerprint density at radius 1 is 1.00 bits per heavy atom. The van der Waals surface area contributed by atoms with Gasteiger partial charge in [-0.1, -0.05) is 42.5 Å². The Kier molecular flexibility index (Phi) is 3.62. The Bertz CT molecular complexity index is 445. The molecule has 2 aromatic rings. The average Bonchev–Trinajstić information content (AvgIpc) is 2.30. The molecule has 0 saturated heterocycles. The number of rotatable bonds is 3. The van der Waals surface area contributed by atoms with Crippen molar-refractivity contribution >= 4 is 15.9 Å². The molecule has 0 aliphatic rings. The van der Waals surface area contributed by atoms with E-state index in [1.54, 1.807) is 0 Å². The maximum Gasteiger partial charge on any atom is 0.136 e. The fourth-order valence-electron chi connectivity index (χ4n) is 1.53. The van der Waals surface area contributed by atoms with Crippen molar-refractivity contribution in [1.29, 1.82) is 0 Å². The highest BCUT2D eigenvalue weighted by Gasteiger charge is 2.04. The van der Waals surface area contributed by atoms with Gasteiger partial charge in [-0.25, -0.2) is 0 Å². The zero-order valence-electron chi connectivity index (χ0n) is 9.11. The lowest BCUT2D eigenvalue weighted by Gasteiger charge is -2.10. The average molecular weight is 277 g/mol. The molecule has 0 aliphatic heterocycles. The molecule has 0 N–H and O–H groups in total. The van der Waals surface area contributed by atoms with Crippen molar-refractivity contribution in [3.63, 3.8) is 0 Å². The molecule has 0 amide bonds. The summed E-state index contributed by atoms with van der Waals surface area (Å²) in [6, 6.07) is 16.2. The van der Waals surface area contributed by atoms with Crippen molar-refractivity contribution in [3.8, 4) is 5.75 Å². The molecular formula is C14H13BrO. The quantitative estimate of drug-likeness (QED) is 0.811. The summed E-state index contributed by atoms with van der Waals surface area (Å²) >= 11 is 3.50. The summed E-state index contributed by atoms with van der Waals surface area (Å²) in [5.41, 5.74) is 2.32. The number of aryl methyl sites for hydroxylation is 1. The second-order valence-corrected chi connectivity index (χ2v) is 4.51. The van der Waals surface area contributed by atoms with Gasteiger partial charge in [0.15, 0.2) is 0 Å². The first-order valence-electron chi connectivity index (χ1n) is 5.19. The first-order chi connectivity index (χ1) is 7.77.